The second-order valence-electron chi connectivity index (χ2n) is 9.84. The molecule has 6 heteroatoms. The Balaban J connectivity index is 1.52. The third kappa shape index (κ3) is 3.80. The molecular formula is C21H29N3O3. The van der Waals surface area contributed by atoms with Crippen molar-refractivity contribution in [3.05, 3.63) is 30.1 Å². The van der Waals surface area contributed by atoms with Crippen LogP contribution in [0, 0.1) is 11.8 Å². The Hall–Kier alpha value is -2.11. The first kappa shape index (κ1) is 18.3. The fraction of sp³-hybridized carbons (Fsp3) is 0.667. The highest BCUT2D eigenvalue weighted by molar-refractivity contribution is 5.94. The van der Waals surface area contributed by atoms with Gasteiger partial charge in [-0.1, -0.05) is 0 Å². The molecule has 5 rings (SSSR count). The van der Waals surface area contributed by atoms with Gasteiger partial charge in [0.15, 0.2) is 0 Å². The van der Waals surface area contributed by atoms with Crippen molar-refractivity contribution >= 4 is 12.0 Å². The van der Waals surface area contributed by atoms with Crippen LogP contribution in [0.1, 0.15) is 69.7 Å². The van der Waals surface area contributed by atoms with E-state index < -0.39 is 5.60 Å². The molecule has 146 valence electrons. The molecule has 27 heavy (non-hydrogen) atoms. The average Bonchev–Trinajstić information content (AvgIpc) is 2.51. The van der Waals surface area contributed by atoms with Crippen molar-refractivity contribution in [2.45, 2.75) is 76.0 Å². The summed E-state index contributed by atoms with van der Waals surface area (Å²) in [6, 6.07) is 3.57. The topological polar surface area (TPSA) is 80.3 Å². The third-order valence-corrected chi connectivity index (χ3v) is 6.13. The molecular weight excluding hydrogens is 342 g/mol. The van der Waals surface area contributed by atoms with Crippen LogP contribution in [0.25, 0.3) is 0 Å². The summed E-state index contributed by atoms with van der Waals surface area (Å²) in [4.78, 5) is 29.3. The SMILES string of the molecule is CC(C)(C)OC(=O)NC12C[C@H]3C[C@@H](C1)CC(NC(=O)c1cccnc1)(C3)C2. The van der Waals surface area contributed by atoms with Gasteiger partial charge in [0.05, 0.1) is 5.56 Å². The maximum Gasteiger partial charge on any atom is 0.408 e. The van der Waals surface area contributed by atoms with Crippen molar-refractivity contribution in [2.75, 3.05) is 0 Å². The van der Waals surface area contributed by atoms with E-state index in [4.69, 9.17) is 4.74 Å². The number of hydrogen-bond acceptors (Lipinski definition) is 4. The summed E-state index contributed by atoms with van der Waals surface area (Å²) in [7, 11) is 0. The largest absolute Gasteiger partial charge is 0.444 e. The molecule has 4 fully saturated rings. The zero-order chi connectivity index (χ0) is 19.3. The van der Waals surface area contributed by atoms with Gasteiger partial charge in [0.25, 0.3) is 5.91 Å². The number of hydrogen-bond donors (Lipinski definition) is 2. The molecule has 0 saturated heterocycles. The molecule has 1 aromatic heterocycles. The van der Waals surface area contributed by atoms with Crippen LogP contribution in [0.5, 0.6) is 0 Å². The number of carbonyl (C=O) groups excluding carboxylic acids is 2. The van der Waals surface area contributed by atoms with E-state index in [1.165, 1.54) is 6.42 Å². The second kappa shape index (κ2) is 6.21. The van der Waals surface area contributed by atoms with Crippen molar-refractivity contribution in [3.8, 4) is 0 Å². The number of pyridine rings is 1. The Bertz CT molecular complexity index is 727. The minimum absolute atomic E-state index is 0.0718. The summed E-state index contributed by atoms with van der Waals surface area (Å²) in [5, 5.41) is 6.51. The van der Waals surface area contributed by atoms with Crippen molar-refractivity contribution in [2.24, 2.45) is 11.8 Å². The number of aromatic nitrogens is 1. The highest BCUT2D eigenvalue weighted by Crippen LogP contribution is 2.57. The smallest absolute Gasteiger partial charge is 0.408 e. The van der Waals surface area contributed by atoms with Gasteiger partial charge in [-0.2, -0.15) is 0 Å². The summed E-state index contributed by atoms with van der Waals surface area (Å²) < 4.78 is 5.51. The number of carbonyl (C=O) groups is 2. The van der Waals surface area contributed by atoms with Crippen LogP contribution in [0.2, 0.25) is 0 Å². The number of amides is 2. The number of ether oxygens (including phenoxy) is 1. The normalized spacial score (nSPS) is 34.2. The highest BCUT2D eigenvalue weighted by atomic mass is 16.6. The van der Waals surface area contributed by atoms with Crippen LogP contribution in [0.4, 0.5) is 4.79 Å². The van der Waals surface area contributed by atoms with Gasteiger partial charge in [0.2, 0.25) is 0 Å². The maximum absolute atomic E-state index is 12.8. The fourth-order valence-corrected chi connectivity index (χ4v) is 5.89. The molecule has 0 spiro atoms. The van der Waals surface area contributed by atoms with E-state index in [0.29, 0.717) is 17.4 Å². The highest BCUT2D eigenvalue weighted by Gasteiger charge is 2.59. The van der Waals surface area contributed by atoms with Crippen LogP contribution in [0.3, 0.4) is 0 Å². The van der Waals surface area contributed by atoms with Crippen molar-refractivity contribution < 1.29 is 14.3 Å². The molecule has 4 aliphatic carbocycles. The summed E-state index contributed by atoms with van der Waals surface area (Å²) in [5.41, 5.74) is -0.443. The standard InChI is InChI=1S/C21H29N3O3/c1-19(2,3)27-18(26)24-21-10-14-7-15(11-21)9-20(8-14,13-21)23-17(25)16-5-4-6-22-12-16/h4-6,12,14-15H,7-11,13H2,1-3H3,(H,23,25)(H,24,26)/t14-,15+,20?,21?. The zero-order valence-corrected chi connectivity index (χ0v) is 16.4. The fourth-order valence-electron chi connectivity index (χ4n) is 5.89. The van der Waals surface area contributed by atoms with Gasteiger partial charge in [0, 0.05) is 23.5 Å². The molecule has 0 aliphatic heterocycles. The van der Waals surface area contributed by atoms with Crippen LogP contribution in [-0.4, -0.2) is 33.7 Å². The molecule has 2 N–H and O–H groups in total. The Morgan fingerprint density at radius 2 is 1.74 bits per heavy atom. The third-order valence-electron chi connectivity index (χ3n) is 6.13. The number of rotatable bonds is 3. The summed E-state index contributed by atoms with van der Waals surface area (Å²) >= 11 is 0. The number of nitrogens with zero attached hydrogens (tertiary/aromatic N) is 1. The molecule has 1 heterocycles. The number of nitrogens with one attached hydrogen (secondary N) is 2. The van der Waals surface area contributed by atoms with Crippen LogP contribution < -0.4 is 10.6 Å². The maximum atomic E-state index is 12.8. The first-order valence-corrected chi connectivity index (χ1v) is 9.90. The molecule has 4 bridgehead atoms. The number of alkyl carbamates (subject to hydrolysis) is 1. The minimum atomic E-state index is -0.515. The van der Waals surface area contributed by atoms with E-state index >= 15 is 0 Å². The van der Waals surface area contributed by atoms with E-state index in [1.54, 1.807) is 24.5 Å². The molecule has 2 amide bonds. The molecule has 4 saturated carbocycles. The lowest BCUT2D eigenvalue weighted by atomic mass is 9.50. The van der Waals surface area contributed by atoms with Crippen molar-refractivity contribution in [1.82, 2.24) is 15.6 Å². The van der Waals surface area contributed by atoms with Crippen molar-refractivity contribution in [3.63, 3.8) is 0 Å². The lowest BCUT2D eigenvalue weighted by Crippen LogP contribution is -2.70. The first-order valence-electron chi connectivity index (χ1n) is 9.90. The second-order valence-corrected chi connectivity index (χ2v) is 9.84. The van der Waals surface area contributed by atoms with Gasteiger partial charge < -0.3 is 15.4 Å². The first-order chi connectivity index (χ1) is 12.7. The van der Waals surface area contributed by atoms with Gasteiger partial charge in [-0.15, -0.1) is 0 Å². The molecule has 4 atom stereocenters. The van der Waals surface area contributed by atoms with Gasteiger partial charge in [-0.25, -0.2) is 4.79 Å². The monoisotopic (exact) mass is 371 g/mol. The van der Waals surface area contributed by atoms with Gasteiger partial charge in [-0.3, -0.25) is 9.78 Å². The Labute approximate surface area is 160 Å². The Kier molecular flexibility index (Phi) is 4.20. The van der Waals surface area contributed by atoms with E-state index in [9.17, 15) is 9.59 Å². The molecule has 0 aromatic carbocycles. The molecule has 2 unspecified atom stereocenters. The van der Waals surface area contributed by atoms with E-state index in [0.717, 1.165) is 32.1 Å². The lowest BCUT2D eigenvalue weighted by molar-refractivity contribution is -0.0509. The zero-order valence-electron chi connectivity index (χ0n) is 16.4. The van der Waals surface area contributed by atoms with Crippen LogP contribution in [0.15, 0.2) is 24.5 Å². The van der Waals surface area contributed by atoms with E-state index in [1.807, 2.05) is 20.8 Å². The van der Waals surface area contributed by atoms with Gasteiger partial charge in [0.1, 0.15) is 5.60 Å². The predicted octanol–water partition coefficient (Wildman–Crippen LogP) is 3.43. The van der Waals surface area contributed by atoms with E-state index in [-0.39, 0.29) is 23.1 Å². The average molecular weight is 371 g/mol. The molecule has 1 aromatic rings. The summed E-state index contributed by atoms with van der Waals surface area (Å²) in [6.45, 7) is 5.63. The molecule has 6 nitrogen and oxygen atoms in total. The molecule has 0 radical (unpaired) electrons. The Morgan fingerprint density at radius 1 is 1.11 bits per heavy atom. The minimum Gasteiger partial charge on any atom is -0.444 e. The summed E-state index contributed by atoms with van der Waals surface area (Å²) in [5.74, 6) is 1.00. The summed E-state index contributed by atoms with van der Waals surface area (Å²) in [6.07, 6.45) is 8.84. The predicted molar refractivity (Wildman–Crippen MR) is 101 cm³/mol. The quantitative estimate of drug-likeness (QED) is 0.853. The van der Waals surface area contributed by atoms with Crippen LogP contribution >= 0.6 is 0 Å². The Morgan fingerprint density at radius 3 is 2.30 bits per heavy atom. The van der Waals surface area contributed by atoms with Crippen molar-refractivity contribution in [1.29, 1.82) is 0 Å². The van der Waals surface area contributed by atoms with Crippen LogP contribution in [-0.2, 0) is 4.74 Å². The van der Waals surface area contributed by atoms with Gasteiger partial charge >= 0.3 is 6.09 Å². The molecule has 4 aliphatic rings. The van der Waals surface area contributed by atoms with Gasteiger partial charge in [-0.05, 0) is 83.3 Å². The van der Waals surface area contributed by atoms with E-state index in [2.05, 4.69) is 15.6 Å². The lowest BCUT2D eigenvalue weighted by Gasteiger charge is -2.62.